The Morgan fingerprint density at radius 2 is 1.94 bits per heavy atom. The monoisotopic (exact) mass is 508 g/mol. The average molecular weight is 508 g/mol. The molecule has 3 fully saturated rings. The van der Waals surface area contributed by atoms with Gasteiger partial charge in [-0.25, -0.2) is 0 Å². The molecule has 9 nitrogen and oxygen atoms in total. The van der Waals surface area contributed by atoms with E-state index < -0.39 is 28.1 Å². The number of Topliss-reactive ketones (excluding diaryl/α,β-unsaturated/α-hetero) is 1. The number of ether oxygens (including phenoxy) is 1. The number of halogens is 3. The van der Waals surface area contributed by atoms with Gasteiger partial charge in [0.05, 0.1) is 35.5 Å². The maximum Gasteiger partial charge on any atom is 0.455 e. The zero-order valence-electron chi connectivity index (χ0n) is 19.6. The van der Waals surface area contributed by atoms with Crippen LogP contribution in [0.2, 0.25) is 0 Å². The van der Waals surface area contributed by atoms with Gasteiger partial charge in [-0.1, -0.05) is 18.7 Å². The SMILES string of the molecule is C=C(CN1CC2(CCN(CCc3cccc([N+](=O)[O-])c3)CC2)OC2(CC2)C1=O)/N=C\C(=O)C(F)(F)F. The molecule has 1 amide bonds. The molecule has 1 aliphatic carbocycles. The van der Waals surface area contributed by atoms with Crippen LogP contribution in [0.4, 0.5) is 18.9 Å². The first-order valence-corrected chi connectivity index (χ1v) is 11.7. The summed E-state index contributed by atoms with van der Waals surface area (Å²) in [7, 11) is 0. The van der Waals surface area contributed by atoms with Crippen LogP contribution >= 0.6 is 0 Å². The molecule has 1 aromatic rings. The van der Waals surface area contributed by atoms with Gasteiger partial charge in [-0.15, -0.1) is 0 Å². The van der Waals surface area contributed by atoms with Crippen molar-refractivity contribution in [2.45, 2.75) is 49.5 Å². The molecule has 0 N–H and O–H groups in total. The fourth-order valence-electron chi connectivity index (χ4n) is 4.80. The summed E-state index contributed by atoms with van der Waals surface area (Å²) in [6.45, 7) is 5.97. The Morgan fingerprint density at radius 3 is 2.56 bits per heavy atom. The minimum absolute atomic E-state index is 0.0109. The second-order valence-corrected chi connectivity index (χ2v) is 9.65. The van der Waals surface area contributed by atoms with Crippen LogP contribution in [0.5, 0.6) is 0 Å². The highest BCUT2D eigenvalue weighted by Crippen LogP contribution is 2.50. The number of hydrogen-bond acceptors (Lipinski definition) is 7. The number of aliphatic imine (C=N–C) groups is 1. The fourth-order valence-corrected chi connectivity index (χ4v) is 4.80. The van der Waals surface area contributed by atoms with Crippen molar-refractivity contribution in [2.24, 2.45) is 4.99 Å². The molecule has 0 aromatic heterocycles. The molecule has 0 bridgehead atoms. The quantitative estimate of drug-likeness (QED) is 0.304. The lowest BCUT2D eigenvalue weighted by Crippen LogP contribution is -2.63. The third-order valence-corrected chi connectivity index (χ3v) is 6.89. The Hall–Kier alpha value is -3.12. The highest BCUT2D eigenvalue weighted by Gasteiger charge is 2.61. The van der Waals surface area contributed by atoms with Gasteiger partial charge in [0, 0.05) is 31.8 Å². The third-order valence-electron chi connectivity index (χ3n) is 6.89. The number of nitro benzene ring substituents is 1. The molecule has 2 heterocycles. The van der Waals surface area contributed by atoms with Gasteiger partial charge in [0.1, 0.15) is 5.60 Å². The lowest BCUT2D eigenvalue weighted by molar-refractivity contribution is -0.384. The van der Waals surface area contributed by atoms with Crippen LogP contribution in [-0.4, -0.2) is 82.7 Å². The van der Waals surface area contributed by atoms with E-state index in [1.807, 2.05) is 6.07 Å². The highest BCUT2D eigenvalue weighted by atomic mass is 19.4. The molecule has 194 valence electrons. The van der Waals surface area contributed by atoms with Gasteiger partial charge >= 0.3 is 6.18 Å². The molecule has 12 heteroatoms. The molecule has 0 radical (unpaired) electrons. The molecule has 0 atom stereocenters. The molecule has 2 spiro atoms. The van der Waals surface area contributed by atoms with Crippen molar-refractivity contribution in [3.8, 4) is 0 Å². The number of amides is 1. The summed E-state index contributed by atoms with van der Waals surface area (Å²) in [5.74, 6) is -2.30. The minimum Gasteiger partial charge on any atom is -0.357 e. The van der Waals surface area contributed by atoms with Crippen LogP contribution in [-0.2, 0) is 20.7 Å². The molecule has 2 saturated heterocycles. The van der Waals surface area contributed by atoms with Gasteiger partial charge in [0.15, 0.2) is 0 Å². The summed E-state index contributed by atoms with van der Waals surface area (Å²) in [4.78, 5) is 41.9. The van der Waals surface area contributed by atoms with E-state index in [0.29, 0.717) is 45.2 Å². The highest BCUT2D eigenvalue weighted by molar-refractivity contribution is 6.30. The molecular formula is C24H27F3N4O5. The molecule has 4 rings (SSSR count). The summed E-state index contributed by atoms with van der Waals surface area (Å²) in [6.07, 6.45) is -1.66. The number of likely N-dealkylation sites (tertiary alicyclic amines) is 1. The zero-order chi connectivity index (χ0) is 26.1. The number of carbonyl (C=O) groups is 2. The van der Waals surface area contributed by atoms with E-state index in [4.69, 9.17) is 4.74 Å². The number of morpholine rings is 1. The lowest BCUT2D eigenvalue weighted by Gasteiger charge is -2.50. The third kappa shape index (κ3) is 5.81. The zero-order valence-corrected chi connectivity index (χ0v) is 19.6. The van der Waals surface area contributed by atoms with E-state index in [2.05, 4.69) is 16.5 Å². The van der Waals surface area contributed by atoms with Gasteiger partial charge < -0.3 is 14.5 Å². The van der Waals surface area contributed by atoms with Crippen molar-refractivity contribution in [2.75, 3.05) is 32.7 Å². The first kappa shape index (κ1) is 26.0. The van der Waals surface area contributed by atoms with Crippen LogP contribution in [0, 0.1) is 10.1 Å². The Morgan fingerprint density at radius 1 is 1.25 bits per heavy atom. The largest absolute Gasteiger partial charge is 0.455 e. The Kier molecular flexibility index (Phi) is 7.02. The van der Waals surface area contributed by atoms with E-state index in [1.54, 1.807) is 12.1 Å². The summed E-state index contributed by atoms with van der Waals surface area (Å²) in [6, 6.07) is 6.57. The molecule has 2 aliphatic heterocycles. The van der Waals surface area contributed by atoms with Crippen molar-refractivity contribution in [3.63, 3.8) is 0 Å². The van der Waals surface area contributed by atoms with Gasteiger partial charge in [-0.2, -0.15) is 13.2 Å². The van der Waals surface area contributed by atoms with Crippen LogP contribution in [0.15, 0.2) is 41.5 Å². The molecule has 1 saturated carbocycles. The summed E-state index contributed by atoms with van der Waals surface area (Å²) >= 11 is 0. The van der Waals surface area contributed by atoms with Crippen molar-refractivity contribution >= 4 is 23.6 Å². The smallest absolute Gasteiger partial charge is 0.357 e. The van der Waals surface area contributed by atoms with Crippen LogP contribution in [0.3, 0.4) is 0 Å². The number of alkyl halides is 3. The summed E-state index contributed by atoms with van der Waals surface area (Å²) in [5, 5.41) is 11.0. The predicted octanol–water partition coefficient (Wildman–Crippen LogP) is 3.08. The Bertz CT molecular complexity index is 1090. The second-order valence-electron chi connectivity index (χ2n) is 9.65. The van der Waals surface area contributed by atoms with Gasteiger partial charge in [0.25, 0.3) is 17.4 Å². The number of ketones is 1. The van der Waals surface area contributed by atoms with Gasteiger partial charge in [-0.3, -0.25) is 24.7 Å². The molecule has 3 aliphatic rings. The summed E-state index contributed by atoms with van der Waals surface area (Å²) < 4.78 is 43.6. The number of hydrogen-bond donors (Lipinski definition) is 0. The van der Waals surface area contributed by atoms with Crippen molar-refractivity contribution in [1.82, 2.24) is 9.80 Å². The molecule has 36 heavy (non-hydrogen) atoms. The number of nitrogens with zero attached hydrogens (tertiary/aromatic N) is 4. The number of rotatable bonds is 8. The van der Waals surface area contributed by atoms with Crippen LogP contribution in [0.1, 0.15) is 31.2 Å². The summed E-state index contributed by atoms with van der Waals surface area (Å²) in [5.41, 5.74) is -0.528. The number of nitro groups is 1. The molecule has 1 aromatic carbocycles. The minimum atomic E-state index is -5.01. The molecule has 0 unspecified atom stereocenters. The first-order valence-electron chi connectivity index (χ1n) is 11.7. The second kappa shape index (κ2) is 9.74. The number of benzene rings is 1. The van der Waals surface area contributed by atoms with E-state index >= 15 is 0 Å². The number of carbonyl (C=O) groups excluding carboxylic acids is 2. The topological polar surface area (TPSA) is 105 Å². The normalized spacial score (nSPS) is 21.3. The Labute approximate surface area is 205 Å². The van der Waals surface area contributed by atoms with Crippen LogP contribution in [0.25, 0.3) is 0 Å². The molecular weight excluding hydrogens is 481 g/mol. The Balaban J connectivity index is 1.34. The van der Waals surface area contributed by atoms with E-state index in [9.17, 15) is 32.9 Å². The average Bonchev–Trinajstić information content (AvgIpc) is 3.60. The fraction of sp³-hybridized carbons (Fsp3) is 0.542. The number of non-ortho nitro benzene ring substituents is 1. The number of piperidine rings is 1. The predicted molar refractivity (Wildman–Crippen MR) is 124 cm³/mol. The maximum absolute atomic E-state index is 13.0. The van der Waals surface area contributed by atoms with E-state index in [0.717, 1.165) is 12.1 Å². The van der Waals surface area contributed by atoms with Gasteiger partial charge in [-0.05, 0) is 37.7 Å². The van der Waals surface area contributed by atoms with Crippen molar-refractivity contribution in [3.05, 3.63) is 52.2 Å². The van der Waals surface area contributed by atoms with E-state index in [1.165, 1.54) is 11.0 Å². The van der Waals surface area contributed by atoms with Crippen LogP contribution < -0.4 is 0 Å². The van der Waals surface area contributed by atoms with Crippen molar-refractivity contribution in [1.29, 1.82) is 0 Å². The van der Waals surface area contributed by atoms with E-state index in [-0.39, 0.29) is 36.6 Å². The van der Waals surface area contributed by atoms with Crippen molar-refractivity contribution < 1.29 is 32.4 Å². The maximum atomic E-state index is 13.0. The lowest BCUT2D eigenvalue weighted by atomic mass is 9.87. The van der Waals surface area contributed by atoms with Gasteiger partial charge in [0.2, 0.25) is 0 Å². The standard InChI is InChI=1S/C24H27F3N4O5/c1-17(28-14-20(32)24(25,26)27)15-30-16-22(36-23(6-7-23)21(30)33)8-11-29(12-9-22)10-5-18-3-2-4-19(13-18)31(34)35/h2-4,13-14H,1,5-12,15-16H2/b28-14-. The first-order chi connectivity index (χ1) is 16.9.